The van der Waals surface area contributed by atoms with E-state index in [2.05, 4.69) is 35.1 Å². The lowest BCUT2D eigenvalue weighted by Crippen LogP contribution is -2.28. The van der Waals surface area contributed by atoms with Gasteiger partial charge in [0, 0.05) is 24.8 Å². The highest BCUT2D eigenvalue weighted by Gasteiger charge is 2.07. The summed E-state index contributed by atoms with van der Waals surface area (Å²) < 4.78 is 0. The van der Waals surface area contributed by atoms with Crippen molar-refractivity contribution >= 4 is 5.82 Å². The largest absolute Gasteiger partial charge is 0.368 e. The topological polar surface area (TPSA) is 52.0 Å². The first-order chi connectivity index (χ1) is 10.8. The van der Waals surface area contributed by atoms with E-state index in [9.17, 15) is 5.26 Å². The zero-order valence-electron chi connectivity index (χ0n) is 13.2. The predicted octanol–water partition coefficient (Wildman–Crippen LogP) is 3.37. The van der Waals surface area contributed by atoms with Gasteiger partial charge in [0.15, 0.2) is 0 Å². The lowest BCUT2D eigenvalue weighted by molar-refractivity contribution is 0.316. The van der Waals surface area contributed by atoms with Gasteiger partial charge in [0.25, 0.3) is 0 Å². The molecule has 0 radical (unpaired) electrons. The molecule has 1 N–H and O–H groups in total. The Balaban J connectivity index is 2.09. The second-order valence-corrected chi connectivity index (χ2v) is 5.05. The molecule has 22 heavy (non-hydrogen) atoms. The Hall–Kier alpha value is -2.38. The Labute approximate surface area is 132 Å². The van der Waals surface area contributed by atoms with Crippen LogP contribution in [0, 0.1) is 11.3 Å². The van der Waals surface area contributed by atoms with Crippen LogP contribution in [0.25, 0.3) is 11.1 Å². The lowest BCUT2D eigenvalue weighted by Gasteiger charge is -2.18. The van der Waals surface area contributed by atoms with E-state index in [1.54, 1.807) is 0 Å². The van der Waals surface area contributed by atoms with Crippen LogP contribution in [-0.2, 0) is 0 Å². The molecular weight excluding hydrogens is 272 g/mol. The number of hydrogen-bond donors (Lipinski definition) is 1. The number of nitrogens with one attached hydrogen (secondary N) is 1. The fraction of sp³-hybridized carbons (Fsp3) is 0.333. The Bertz CT molecular complexity index is 627. The number of aromatic nitrogens is 1. The molecule has 0 aliphatic carbocycles. The minimum Gasteiger partial charge on any atom is -0.368 e. The maximum atomic E-state index is 9.35. The molecular formula is C18H22N4. The van der Waals surface area contributed by atoms with Gasteiger partial charge in [-0.15, -0.1) is 0 Å². The number of rotatable bonds is 7. The van der Waals surface area contributed by atoms with Crippen LogP contribution in [0.5, 0.6) is 0 Å². The van der Waals surface area contributed by atoms with Crippen molar-refractivity contribution in [3.8, 4) is 17.2 Å². The third-order valence-corrected chi connectivity index (χ3v) is 3.73. The minimum atomic E-state index is 0.584. The quantitative estimate of drug-likeness (QED) is 0.850. The third kappa shape index (κ3) is 4.06. The van der Waals surface area contributed by atoms with E-state index in [0.29, 0.717) is 11.4 Å². The van der Waals surface area contributed by atoms with Crippen LogP contribution in [0.15, 0.2) is 42.6 Å². The van der Waals surface area contributed by atoms with E-state index < -0.39 is 0 Å². The average Bonchev–Trinajstić information content (AvgIpc) is 2.59. The number of benzene rings is 1. The van der Waals surface area contributed by atoms with Crippen molar-refractivity contribution in [2.75, 3.05) is 31.5 Å². The monoisotopic (exact) mass is 294 g/mol. The first kappa shape index (κ1) is 16.0. The molecule has 0 saturated heterocycles. The van der Waals surface area contributed by atoms with E-state index >= 15 is 0 Å². The van der Waals surface area contributed by atoms with Crippen molar-refractivity contribution in [2.45, 2.75) is 13.8 Å². The summed E-state index contributed by atoms with van der Waals surface area (Å²) in [6, 6.07) is 14.1. The fourth-order valence-corrected chi connectivity index (χ4v) is 2.35. The van der Waals surface area contributed by atoms with Crippen LogP contribution in [0.1, 0.15) is 19.4 Å². The number of nitrogens with zero attached hydrogens (tertiary/aromatic N) is 3. The second-order valence-electron chi connectivity index (χ2n) is 5.05. The van der Waals surface area contributed by atoms with Crippen molar-refractivity contribution in [3.63, 3.8) is 0 Å². The van der Waals surface area contributed by atoms with Crippen molar-refractivity contribution < 1.29 is 0 Å². The van der Waals surface area contributed by atoms with Crippen molar-refractivity contribution in [3.05, 3.63) is 48.2 Å². The van der Waals surface area contributed by atoms with Crippen LogP contribution in [0.2, 0.25) is 0 Å². The molecule has 114 valence electrons. The Morgan fingerprint density at radius 1 is 1.14 bits per heavy atom. The molecule has 0 unspecified atom stereocenters. The molecule has 0 aliphatic heterocycles. The summed E-state index contributed by atoms with van der Waals surface area (Å²) in [5, 5.41) is 12.6. The molecule has 1 heterocycles. The van der Waals surface area contributed by atoms with Gasteiger partial charge in [0.05, 0.1) is 5.56 Å². The van der Waals surface area contributed by atoms with Crippen LogP contribution in [-0.4, -0.2) is 36.1 Å². The third-order valence-electron chi connectivity index (χ3n) is 3.73. The van der Waals surface area contributed by atoms with Gasteiger partial charge in [-0.2, -0.15) is 5.26 Å². The van der Waals surface area contributed by atoms with Gasteiger partial charge in [0.2, 0.25) is 0 Å². The summed E-state index contributed by atoms with van der Waals surface area (Å²) in [5.74, 6) is 0.661. The van der Waals surface area contributed by atoms with Gasteiger partial charge in [-0.1, -0.05) is 44.2 Å². The summed E-state index contributed by atoms with van der Waals surface area (Å²) in [4.78, 5) is 6.75. The zero-order valence-corrected chi connectivity index (χ0v) is 13.2. The first-order valence-corrected chi connectivity index (χ1v) is 7.70. The smallest absolute Gasteiger partial charge is 0.143 e. The van der Waals surface area contributed by atoms with Gasteiger partial charge in [0.1, 0.15) is 11.9 Å². The molecule has 1 aromatic heterocycles. The molecule has 0 fully saturated rings. The normalized spacial score (nSPS) is 10.5. The SMILES string of the molecule is CCN(CC)CCNc1ncc(-c2ccccc2)cc1C#N. The van der Waals surface area contributed by atoms with Crippen LogP contribution >= 0.6 is 0 Å². The highest BCUT2D eigenvalue weighted by Crippen LogP contribution is 2.22. The van der Waals surface area contributed by atoms with E-state index in [-0.39, 0.29) is 0 Å². The van der Waals surface area contributed by atoms with Crippen LogP contribution in [0.3, 0.4) is 0 Å². The molecule has 0 atom stereocenters. The molecule has 4 nitrogen and oxygen atoms in total. The zero-order chi connectivity index (χ0) is 15.8. The summed E-state index contributed by atoms with van der Waals surface area (Å²) in [6.07, 6.45) is 1.82. The molecule has 1 aromatic carbocycles. The maximum absolute atomic E-state index is 9.35. The van der Waals surface area contributed by atoms with Crippen LogP contribution in [0.4, 0.5) is 5.82 Å². The highest BCUT2D eigenvalue weighted by atomic mass is 15.1. The summed E-state index contributed by atoms with van der Waals surface area (Å²) in [6.45, 7) is 8.09. The van der Waals surface area contributed by atoms with Crippen molar-refractivity contribution in [1.82, 2.24) is 9.88 Å². The number of likely N-dealkylation sites (N-methyl/N-ethyl adjacent to an activating group) is 1. The van der Waals surface area contributed by atoms with E-state index in [1.807, 2.05) is 42.6 Å². The van der Waals surface area contributed by atoms with E-state index in [4.69, 9.17) is 0 Å². The molecule has 4 heteroatoms. The lowest BCUT2D eigenvalue weighted by atomic mass is 10.1. The standard InChI is InChI=1S/C18H22N4/c1-3-22(4-2)11-10-20-18-16(13-19)12-17(14-21-18)15-8-6-5-7-9-15/h5-9,12,14H,3-4,10-11H2,1-2H3,(H,20,21). The Morgan fingerprint density at radius 2 is 1.86 bits per heavy atom. The van der Waals surface area contributed by atoms with Crippen molar-refractivity contribution in [2.24, 2.45) is 0 Å². The van der Waals surface area contributed by atoms with Gasteiger partial charge in [-0.05, 0) is 24.7 Å². The molecule has 0 spiro atoms. The molecule has 0 saturated carbocycles. The number of pyridine rings is 1. The molecule has 2 aromatic rings. The fourth-order valence-electron chi connectivity index (χ4n) is 2.35. The van der Waals surface area contributed by atoms with Gasteiger partial charge < -0.3 is 10.2 Å². The number of nitriles is 1. The minimum absolute atomic E-state index is 0.584. The molecule has 0 aliphatic rings. The summed E-state index contributed by atoms with van der Waals surface area (Å²) in [7, 11) is 0. The first-order valence-electron chi connectivity index (χ1n) is 7.70. The second kappa shape index (κ2) is 8.16. The summed E-state index contributed by atoms with van der Waals surface area (Å²) >= 11 is 0. The number of hydrogen-bond acceptors (Lipinski definition) is 4. The Morgan fingerprint density at radius 3 is 2.50 bits per heavy atom. The maximum Gasteiger partial charge on any atom is 0.143 e. The Kier molecular flexibility index (Phi) is 5.93. The van der Waals surface area contributed by atoms with Gasteiger partial charge in [-0.25, -0.2) is 4.98 Å². The predicted molar refractivity (Wildman–Crippen MR) is 90.7 cm³/mol. The van der Waals surface area contributed by atoms with Gasteiger partial charge >= 0.3 is 0 Å². The molecule has 0 amide bonds. The van der Waals surface area contributed by atoms with Crippen molar-refractivity contribution in [1.29, 1.82) is 5.26 Å². The van der Waals surface area contributed by atoms with Crippen LogP contribution < -0.4 is 5.32 Å². The average molecular weight is 294 g/mol. The highest BCUT2D eigenvalue weighted by molar-refractivity contribution is 5.67. The molecule has 2 rings (SSSR count). The van der Waals surface area contributed by atoms with E-state index in [1.165, 1.54) is 0 Å². The van der Waals surface area contributed by atoms with E-state index in [0.717, 1.165) is 37.3 Å². The molecule has 0 bridgehead atoms. The summed E-state index contributed by atoms with van der Waals surface area (Å²) in [5.41, 5.74) is 2.62. The van der Waals surface area contributed by atoms with Gasteiger partial charge in [-0.3, -0.25) is 0 Å². The number of anilines is 1.